The van der Waals surface area contributed by atoms with Crippen LogP contribution in [0.25, 0.3) is 11.3 Å². The van der Waals surface area contributed by atoms with E-state index in [1.54, 1.807) is 7.11 Å². The lowest BCUT2D eigenvalue weighted by Gasteiger charge is -2.27. The molecule has 0 saturated heterocycles. The zero-order valence-corrected chi connectivity index (χ0v) is 15.5. The molecule has 1 aliphatic rings. The van der Waals surface area contributed by atoms with Crippen molar-refractivity contribution in [3.05, 3.63) is 58.8 Å². The highest BCUT2D eigenvalue weighted by molar-refractivity contribution is 6.30. The third-order valence-electron chi connectivity index (χ3n) is 4.85. The number of aromatic nitrogens is 4. The predicted octanol–water partition coefficient (Wildman–Crippen LogP) is 3.13. The normalized spacial score (nSPS) is 14.5. The molecule has 26 heavy (non-hydrogen) atoms. The number of fused-ring (bicyclic) bond motifs is 1. The quantitative estimate of drug-likeness (QED) is 0.723. The fourth-order valence-corrected chi connectivity index (χ4v) is 3.56. The van der Waals surface area contributed by atoms with E-state index in [-0.39, 0.29) is 0 Å². The number of methoxy groups -OCH3 is 1. The summed E-state index contributed by atoms with van der Waals surface area (Å²) in [6.07, 6.45) is 4.80. The van der Waals surface area contributed by atoms with Crippen molar-refractivity contribution in [2.24, 2.45) is 0 Å². The fraction of sp³-hybridized carbons (Fsp3) is 0.368. The van der Waals surface area contributed by atoms with Gasteiger partial charge in [0, 0.05) is 67.7 Å². The van der Waals surface area contributed by atoms with E-state index in [1.165, 1.54) is 17.0 Å². The van der Waals surface area contributed by atoms with E-state index in [0.29, 0.717) is 6.61 Å². The summed E-state index contributed by atoms with van der Waals surface area (Å²) in [6.45, 7) is 4.26. The van der Waals surface area contributed by atoms with Crippen LogP contribution < -0.4 is 0 Å². The number of nitrogens with one attached hydrogen (secondary N) is 1. The molecule has 0 unspecified atom stereocenters. The minimum absolute atomic E-state index is 0.690. The van der Waals surface area contributed by atoms with Crippen LogP contribution in [0.1, 0.15) is 17.0 Å². The van der Waals surface area contributed by atoms with Gasteiger partial charge in [0.2, 0.25) is 0 Å². The molecule has 7 heteroatoms. The summed E-state index contributed by atoms with van der Waals surface area (Å²) in [5.74, 6) is 0. The van der Waals surface area contributed by atoms with E-state index in [9.17, 15) is 0 Å². The molecule has 3 aromatic rings. The largest absolute Gasteiger partial charge is 0.383 e. The number of imidazole rings is 1. The fourth-order valence-electron chi connectivity index (χ4n) is 3.43. The van der Waals surface area contributed by atoms with Gasteiger partial charge in [0.15, 0.2) is 0 Å². The van der Waals surface area contributed by atoms with Crippen molar-refractivity contribution in [1.82, 2.24) is 24.6 Å². The Kier molecular flexibility index (Phi) is 5.06. The summed E-state index contributed by atoms with van der Waals surface area (Å²) in [5, 5.41) is 8.51. The number of hydrogen-bond donors (Lipinski definition) is 1. The summed E-state index contributed by atoms with van der Waals surface area (Å²) in [6, 6.07) is 7.87. The maximum absolute atomic E-state index is 6.02. The second-order valence-corrected chi connectivity index (χ2v) is 7.00. The molecule has 0 radical (unpaired) electrons. The van der Waals surface area contributed by atoms with Gasteiger partial charge in [0.05, 0.1) is 24.3 Å². The number of benzene rings is 1. The zero-order valence-electron chi connectivity index (χ0n) is 14.8. The molecule has 1 N–H and O–H groups in total. The zero-order chi connectivity index (χ0) is 17.9. The van der Waals surface area contributed by atoms with Gasteiger partial charge in [-0.2, -0.15) is 5.10 Å². The lowest BCUT2D eigenvalue weighted by molar-refractivity contribution is 0.183. The van der Waals surface area contributed by atoms with Crippen LogP contribution in [0.4, 0.5) is 0 Å². The average Bonchev–Trinajstić information content (AvgIpc) is 3.27. The van der Waals surface area contributed by atoms with Crippen molar-refractivity contribution in [2.75, 3.05) is 20.3 Å². The Morgan fingerprint density at radius 2 is 2.12 bits per heavy atom. The second-order valence-electron chi connectivity index (χ2n) is 6.57. The van der Waals surface area contributed by atoms with E-state index < -0.39 is 0 Å². The van der Waals surface area contributed by atoms with Crippen LogP contribution >= 0.6 is 11.6 Å². The molecule has 0 aliphatic carbocycles. The van der Waals surface area contributed by atoms with Crippen molar-refractivity contribution >= 4 is 11.6 Å². The summed E-state index contributed by atoms with van der Waals surface area (Å²) in [5.41, 5.74) is 5.84. The van der Waals surface area contributed by atoms with Crippen LogP contribution in [0.3, 0.4) is 0 Å². The van der Waals surface area contributed by atoms with Gasteiger partial charge < -0.3 is 9.30 Å². The van der Waals surface area contributed by atoms with E-state index in [4.69, 9.17) is 16.3 Å². The van der Waals surface area contributed by atoms with Crippen molar-refractivity contribution < 1.29 is 4.74 Å². The van der Waals surface area contributed by atoms with Crippen molar-refractivity contribution in [3.63, 3.8) is 0 Å². The van der Waals surface area contributed by atoms with Gasteiger partial charge in [-0.3, -0.25) is 10.00 Å². The summed E-state index contributed by atoms with van der Waals surface area (Å²) in [7, 11) is 1.72. The van der Waals surface area contributed by atoms with Crippen LogP contribution in [0.5, 0.6) is 0 Å². The average molecular weight is 372 g/mol. The number of rotatable bonds is 6. The SMILES string of the molecule is COCCn1cncc1CN1CCc2[nH]nc(-c3ccc(Cl)cc3)c2C1. The molecule has 136 valence electrons. The molecule has 1 aliphatic heterocycles. The monoisotopic (exact) mass is 371 g/mol. The van der Waals surface area contributed by atoms with Crippen LogP contribution in [-0.4, -0.2) is 44.9 Å². The van der Waals surface area contributed by atoms with Crippen LogP contribution in [0, 0.1) is 0 Å². The Morgan fingerprint density at radius 3 is 2.92 bits per heavy atom. The summed E-state index contributed by atoms with van der Waals surface area (Å²) in [4.78, 5) is 6.74. The molecule has 2 aromatic heterocycles. The van der Waals surface area contributed by atoms with Crippen LogP contribution in [0.15, 0.2) is 36.8 Å². The first-order chi connectivity index (χ1) is 12.7. The second kappa shape index (κ2) is 7.61. The number of ether oxygens (including phenoxy) is 1. The highest BCUT2D eigenvalue weighted by Crippen LogP contribution is 2.29. The third-order valence-corrected chi connectivity index (χ3v) is 5.10. The number of nitrogens with zero attached hydrogens (tertiary/aromatic N) is 4. The molecule has 0 atom stereocenters. The van der Waals surface area contributed by atoms with E-state index in [2.05, 4.69) is 24.6 Å². The molecule has 0 amide bonds. The highest BCUT2D eigenvalue weighted by atomic mass is 35.5. The van der Waals surface area contributed by atoms with E-state index in [0.717, 1.165) is 48.9 Å². The lowest BCUT2D eigenvalue weighted by Crippen LogP contribution is -2.31. The van der Waals surface area contributed by atoms with Crippen molar-refractivity contribution in [2.45, 2.75) is 26.1 Å². The molecule has 3 heterocycles. The number of hydrogen-bond acceptors (Lipinski definition) is 4. The predicted molar refractivity (Wildman–Crippen MR) is 101 cm³/mol. The molecule has 0 saturated carbocycles. The van der Waals surface area contributed by atoms with Gasteiger partial charge in [0.1, 0.15) is 0 Å². The lowest BCUT2D eigenvalue weighted by atomic mass is 10.0. The van der Waals surface area contributed by atoms with Gasteiger partial charge in [0.25, 0.3) is 0 Å². The van der Waals surface area contributed by atoms with Crippen LogP contribution in [-0.2, 0) is 30.8 Å². The minimum atomic E-state index is 0.690. The first kappa shape index (κ1) is 17.3. The topological polar surface area (TPSA) is 59.0 Å². The molecular formula is C19H22ClN5O. The van der Waals surface area contributed by atoms with Crippen LogP contribution in [0.2, 0.25) is 5.02 Å². The van der Waals surface area contributed by atoms with Gasteiger partial charge in [-0.15, -0.1) is 0 Å². The Bertz CT molecular complexity index is 870. The summed E-state index contributed by atoms with van der Waals surface area (Å²) >= 11 is 6.02. The van der Waals surface area contributed by atoms with Gasteiger partial charge in [-0.1, -0.05) is 23.7 Å². The Hall–Kier alpha value is -2.15. The molecule has 4 rings (SSSR count). The van der Waals surface area contributed by atoms with Gasteiger partial charge >= 0.3 is 0 Å². The van der Waals surface area contributed by atoms with Crippen molar-refractivity contribution in [3.8, 4) is 11.3 Å². The molecule has 0 fully saturated rings. The third kappa shape index (κ3) is 3.53. The Labute approximate surface area is 157 Å². The Morgan fingerprint density at radius 1 is 1.27 bits per heavy atom. The molecule has 0 spiro atoms. The molecular weight excluding hydrogens is 350 g/mol. The maximum atomic E-state index is 6.02. The number of halogens is 1. The summed E-state index contributed by atoms with van der Waals surface area (Å²) < 4.78 is 7.35. The molecule has 6 nitrogen and oxygen atoms in total. The highest BCUT2D eigenvalue weighted by Gasteiger charge is 2.23. The molecule has 1 aromatic carbocycles. The smallest absolute Gasteiger partial charge is 0.0968 e. The first-order valence-electron chi connectivity index (χ1n) is 8.77. The first-order valence-corrected chi connectivity index (χ1v) is 9.14. The van der Waals surface area contributed by atoms with E-state index in [1.807, 2.05) is 36.8 Å². The molecule has 0 bridgehead atoms. The minimum Gasteiger partial charge on any atom is -0.383 e. The number of H-pyrrole nitrogens is 1. The number of aromatic amines is 1. The standard InChI is InChI=1S/C19H22ClN5O/c1-26-9-8-25-13-21-10-16(25)11-24-7-6-18-17(12-24)19(23-22-18)14-2-4-15(20)5-3-14/h2-5,10,13H,6-9,11-12H2,1H3,(H,22,23). The van der Waals surface area contributed by atoms with Gasteiger partial charge in [-0.25, -0.2) is 4.98 Å². The maximum Gasteiger partial charge on any atom is 0.0968 e. The van der Waals surface area contributed by atoms with Crippen molar-refractivity contribution in [1.29, 1.82) is 0 Å². The van der Waals surface area contributed by atoms with E-state index >= 15 is 0 Å². The van der Waals surface area contributed by atoms with Gasteiger partial charge in [-0.05, 0) is 12.1 Å². The Balaban J connectivity index is 1.52.